The molecule has 1 aromatic rings. The summed E-state index contributed by atoms with van der Waals surface area (Å²) in [7, 11) is 0. The molecule has 1 N–H and O–H groups in total. The molecular weight excluding hydrogens is 240 g/mol. The van der Waals surface area contributed by atoms with Crippen molar-refractivity contribution >= 4 is 23.6 Å². The molecule has 17 heavy (non-hydrogen) atoms. The van der Waals surface area contributed by atoms with Crippen LogP contribution in [0.4, 0.5) is 0 Å². The number of carboxylic acids is 1. The van der Waals surface area contributed by atoms with Gasteiger partial charge in [0.05, 0.1) is 0 Å². The minimum atomic E-state index is -1.00. The number of halogens is 1. The van der Waals surface area contributed by atoms with E-state index in [1.54, 1.807) is 6.07 Å². The predicted octanol–water partition coefficient (Wildman–Crippen LogP) is 3.22. The SMILES string of the molecule is C=C(Cl)COc1c(C)cccc1/C=C/C(=O)O. The minimum absolute atomic E-state index is 0.195. The maximum Gasteiger partial charge on any atom is 0.328 e. The second kappa shape index (κ2) is 6.11. The van der Waals surface area contributed by atoms with E-state index in [-0.39, 0.29) is 6.61 Å². The summed E-state index contributed by atoms with van der Waals surface area (Å²) in [6.45, 7) is 5.61. The van der Waals surface area contributed by atoms with Gasteiger partial charge in [0.15, 0.2) is 0 Å². The molecule has 0 saturated heterocycles. The topological polar surface area (TPSA) is 46.5 Å². The highest BCUT2D eigenvalue weighted by atomic mass is 35.5. The molecule has 0 unspecified atom stereocenters. The molecule has 0 bridgehead atoms. The van der Waals surface area contributed by atoms with Gasteiger partial charge >= 0.3 is 5.97 Å². The van der Waals surface area contributed by atoms with E-state index in [1.165, 1.54) is 6.08 Å². The molecule has 0 aliphatic rings. The fourth-order valence-electron chi connectivity index (χ4n) is 1.32. The molecular formula is C13H13ClO3. The first kappa shape index (κ1) is 13.3. The summed E-state index contributed by atoms with van der Waals surface area (Å²) >= 11 is 5.63. The summed E-state index contributed by atoms with van der Waals surface area (Å²) in [4.78, 5) is 10.5. The van der Waals surface area contributed by atoms with Gasteiger partial charge in [0.25, 0.3) is 0 Å². The van der Waals surface area contributed by atoms with Gasteiger partial charge in [0, 0.05) is 16.7 Å². The Kier molecular flexibility index (Phi) is 4.79. The van der Waals surface area contributed by atoms with Crippen molar-refractivity contribution in [2.24, 2.45) is 0 Å². The normalized spacial score (nSPS) is 10.5. The van der Waals surface area contributed by atoms with Crippen molar-refractivity contribution < 1.29 is 14.6 Å². The Balaban J connectivity index is 2.99. The molecule has 0 heterocycles. The fourth-order valence-corrected chi connectivity index (χ4v) is 1.37. The van der Waals surface area contributed by atoms with Gasteiger partial charge in [-0.2, -0.15) is 0 Å². The Labute approximate surface area is 105 Å². The molecule has 0 fully saturated rings. The Morgan fingerprint density at radius 3 is 2.88 bits per heavy atom. The lowest BCUT2D eigenvalue weighted by molar-refractivity contribution is -0.131. The van der Waals surface area contributed by atoms with E-state index >= 15 is 0 Å². The second-order valence-corrected chi connectivity index (χ2v) is 4.01. The molecule has 4 heteroatoms. The van der Waals surface area contributed by atoms with Crippen molar-refractivity contribution in [3.05, 3.63) is 47.0 Å². The van der Waals surface area contributed by atoms with E-state index in [1.807, 2.05) is 19.1 Å². The highest BCUT2D eigenvalue weighted by molar-refractivity contribution is 6.29. The van der Waals surface area contributed by atoms with Crippen LogP contribution >= 0.6 is 11.6 Å². The van der Waals surface area contributed by atoms with E-state index in [2.05, 4.69) is 6.58 Å². The van der Waals surface area contributed by atoms with Crippen LogP contribution in [0.2, 0.25) is 0 Å². The number of rotatable bonds is 5. The first-order valence-corrected chi connectivity index (χ1v) is 5.35. The molecule has 0 aromatic heterocycles. The number of hydrogen-bond acceptors (Lipinski definition) is 2. The third-order valence-electron chi connectivity index (χ3n) is 2.02. The van der Waals surface area contributed by atoms with Crippen LogP contribution in [-0.4, -0.2) is 17.7 Å². The zero-order chi connectivity index (χ0) is 12.8. The Bertz CT molecular complexity index is 464. The molecule has 0 amide bonds. The Morgan fingerprint density at radius 1 is 1.59 bits per heavy atom. The van der Waals surface area contributed by atoms with E-state index < -0.39 is 5.97 Å². The highest BCUT2D eigenvalue weighted by Gasteiger charge is 2.05. The van der Waals surface area contributed by atoms with Crippen molar-refractivity contribution in [3.8, 4) is 5.75 Å². The van der Waals surface area contributed by atoms with Crippen molar-refractivity contribution in [1.29, 1.82) is 0 Å². The van der Waals surface area contributed by atoms with Crippen molar-refractivity contribution in [3.63, 3.8) is 0 Å². The molecule has 3 nitrogen and oxygen atoms in total. The van der Waals surface area contributed by atoms with Crippen LogP contribution in [-0.2, 0) is 4.79 Å². The van der Waals surface area contributed by atoms with E-state index in [0.717, 1.165) is 11.6 Å². The molecule has 0 saturated carbocycles. The van der Waals surface area contributed by atoms with Gasteiger partial charge in [0.1, 0.15) is 12.4 Å². The van der Waals surface area contributed by atoms with E-state index in [9.17, 15) is 4.79 Å². The summed E-state index contributed by atoms with van der Waals surface area (Å²) in [5.74, 6) is -0.383. The zero-order valence-electron chi connectivity index (χ0n) is 9.44. The highest BCUT2D eigenvalue weighted by Crippen LogP contribution is 2.25. The van der Waals surface area contributed by atoms with Gasteiger partial charge in [-0.05, 0) is 18.6 Å². The average Bonchev–Trinajstić information content (AvgIpc) is 2.24. The number of aryl methyl sites for hydroxylation is 1. The summed E-state index contributed by atoms with van der Waals surface area (Å²) < 4.78 is 5.49. The largest absolute Gasteiger partial charge is 0.487 e. The smallest absolute Gasteiger partial charge is 0.328 e. The Hall–Kier alpha value is -1.74. The standard InChI is InChI=1S/C13H13ClO3/c1-9-4-3-5-11(6-7-12(15)16)13(9)17-8-10(2)14/h3-7H,2,8H2,1H3,(H,15,16)/b7-6+. The number of benzene rings is 1. The zero-order valence-corrected chi connectivity index (χ0v) is 10.2. The van der Waals surface area contributed by atoms with Crippen LogP contribution in [0.15, 0.2) is 35.9 Å². The maximum atomic E-state index is 10.5. The second-order valence-electron chi connectivity index (χ2n) is 3.47. The predicted molar refractivity (Wildman–Crippen MR) is 68.3 cm³/mol. The van der Waals surface area contributed by atoms with Gasteiger partial charge in [-0.1, -0.05) is 36.4 Å². The molecule has 90 valence electrons. The lowest BCUT2D eigenvalue weighted by Gasteiger charge is -2.11. The quantitative estimate of drug-likeness (QED) is 0.819. The van der Waals surface area contributed by atoms with E-state index in [0.29, 0.717) is 16.3 Å². The Morgan fingerprint density at radius 2 is 2.29 bits per heavy atom. The van der Waals surface area contributed by atoms with Gasteiger partial charge in [0.2, 0.25) is 0 Å². The van der Waals surface area contributed by atoms with Gasteiger partial charge < -0.3 is 9.84 Å². The van der Waals surface area contributed by atoms with Gasteiger partial charge in [-0.25, -0.2) is 4.79 Å². The number of ether oxygens (including phenoxy) is 1. The monoisotopic (exact) mass is 252 g/mol. The molecule has 0 radical (unpaired) electrons. The maximum absolute atomic E-state index is 10.5. The molecule has 1 rings (SSSR count). The molecule has 0 aliphatic carbocycles. The molecule has 0 spiro atoms. The number of carboxylic acid groups (broad SMARTS) is 1. The minimum Gasteiger partial charge on any atom is -0.487 e. The third-order valence-corrected chi connectivity index (χ3v) is 2.13. The third kappa shape index (κ3) is 4.33. The van der Waals surface area contributed by atoms with Crippen LogP contribution in [0.5, 0.6) is 5.75 Å². The van der Waals surface area contributed by atoms with Crippen molar-refractivity contribution in [2.45, 2.75) is 6.92 Å². The first-order valence-electron chi connectivity index (χ1n) is 4.97. The van der Waals surface area contributed by atoms with Crippen molar-refractivity contribution in [2.75, 3.05) is 6.61 Å². The summed E-state index contributed by atoms with van der Waals surface area (Å²) in [5.41, 5.74) is 1.61. The number of carbonyl (C=O) groups is 1. The molecule has 0 aliphatic heterocycles. The van der Waals surface area contributed by atoms with Gasteiger partial charge in [-0.15, -0.1) is 0 Å². The van der Waals surface area contributed by atoms with Crippen LogP contribution in [0, 0.1) is 6.92 Å². The average molecular weight is 253 g/mol. The summed E-state index contributed by atoms with van der Waals surface area (Å²) in [6, 6.07) is 5.49. The fraction of sp³-hybridized carbons (Fsp3) is 0.154. The lowest BCUT2D eigenvalue weighted by atomic mass is 10.1. The number of hydrogen-bond donors (Lipinski definition) is 1. The van der Waals surface area contributed by atoms with E-state index in [4.69, 9.17) is 21.4 Å². The first-order chi connectivity index (χ1) is 8.00. The van der Waals surface area contributed by atoms with Crippen LogP contribution in [0.1, 0.15) is 11.1 Å². The van der Waals surface area contributed by atoms with Crippen LogP contribution in [0.3, 0.4) is 0 Å². The van der Waals surface area contributed by atoms with Crippen LogP contribution in [0.25, 0.3) is 6.08 Å². The number of aliphatic carboxylic acids is 1. The molecule has 0 atom stereocenters. The summed E-state index contributed by atoms with van der Waals surface area (Å²) in [6.07, 6.45) is 2.55. The van der Waals surface area contributed by atoms with Crippen molar-refractivity contribution in [1.82, 2.24) is 0 Å². The lowest BCUT2D eigenvalue weighted by Crippen LogP contribution is -2.00. The molecule has 1 aromatic carbocycles. The summed E-state index contributed by atoms with van der Waals surface area (Å²) in [5, 5.41) is 8.98. The van der Waals surface area contributed by atoms with Crippen LogP contribution < -0.4 is 4.74 Å². The van der Waals surface area contributed by atoms with Gasteiger partial charge in [-0.3, -0.25) is 0 Å². The number of para-hydroxylation sites is 1.